The molecule has 1 aliphatic rings. The lowest BCUT2D eigenvalue weighted by molar-refractivity contribution is -0.137. The Morgan fingerprint density at radius 1 is 1.11 bits per heavy atom. The number of halogens is 5. The molecular weight excluding hydrogens is 514 g/mol. The van der Waals surface area contributed by atoms with E-state index in [9.17, 15) is 13.2 Å². The van der Waals surface area contributed by atoms with Gasteiger partial charge in [0.2, 0.25) is 0 Å². The van der Waals surface area contributed by atoms with Gasteiger partial charge in [0.15, 0.2) is 0 Å². The Bertz CT molecular complexity index is 1170. The summed E-state index contributed by atoms with van der Waals surface area (Å²) in [5.41, 5.74) is 2.01. The van der Waals surface area contributed by atoms with Gasteiger partial charge in [-0.1, -0.05) is 43.5 Å². The van der Waals surface area contributed by atoms with Gasteiger partial charge in [-0.3, -0.25) is 4.79 Å². The second kappa shape index (κ2) is 13.2. The molecule has 0 amide bonds. The smallest absolute Gasteiger partial charge is 0.416 e. The Morgan fingerprint density at radius 3 is 2.31 bits per heavy atom. The summed E-state index contributed by atoms with van der Waals surface area (Å²) in [6.07, 6.45) is 1.72. The largest absolute Gasteiger partial charge is 0.489 e. The van der Waals surface area contributed by atoms with Gasteiger partial charge in [0.25, 0.3) is 6.47 Å². The van der Waals surface area contributed by atoms with Gasteiger partial charge in [-0.25, -0.2) is 0 Å². The number of ether oxygens (including phenoxy) is 1. The summed E-state index contributed by atoms with van der Waals surface area (Å²) < 4.78 is 47.7. The van der Waals surface area contributed by atoms with Crippen LogP contribution >= 0.6 is 23.2 Å². The van der Waals surface area contributed by atoms with Gasteiger partial charge >= 0.3 is 6.18 Å². The highest BCUT2D eigenvalue weighted by molar-refractivity contribution is 6.37. The second-order valence-corrected chi connectivity index (χ2v) is 9.20. The first-order valence-corrected chi connectivity index (χ1v) is 12.7. The first-order valence-electron chi connectivity index (χ1n) is 11.9. The summed E-state index contributed by atoms with van der Waals surface area (Å²) >= 11 is 13.1. The lowest BCUT2D eigenvalue weighted by Crippen LogP contribution is -2.20. The van der Waals surface area contributed by atoms with Crippen molar-refractivity contribution >= 4 is 40.6 Å². The predicted molar refractivity (Wildman–Crippen MR) is 139 cm³/mol. The minimum Gasteiger partial charge on any atom is -0.489 e. The highest BCUT2D eigenvalue weighted by Crippen LogP contribution is 2.38. The number of fused-ring (bicyclic) bond motifs is 1. The molecule has 0 atom stereocenters. The van der Waals surface area contributed by atoms with Gasteiger partial charge in [0.05, 0.1) is 16.7 Å². The van der Waals surface area contributed by atoms with Crippen LogP contribution in [-0.2, 0) is 24.4 Å². The molecule has 3 aromatic rings. The zero-order valence-electron chi connectivity index (χ0n) is 20.9. The third-order valence-corrected chi connectivity index (χ3v) is 6.92. The van der Waals surface area contributed by atoms with Crippen molar-refractivity contribution in [1.82, 2.24) is 4.57 Å². The summed E-state index contributed by atoms with van der Waals surface area (Å²) in [5.74, 6) is 0.613. The minimum absolute atomic E-state index is 0.154. The Hall–Kier alpha value is -2.38. The lowest BCUT2D eigenvalue weighted by atomic mass is 9.98. The van der Waals surface area contributed by atoms with Crippen LogP contribution in [0.1, 0.15) is 68.3 Å². The van der Waals surface area contributed by atoms with Crippen LogP contribution in [0.3, 0.4) is 0 Å². The van der Waals surface area contributed by atoms with Gasteiger partial charge in [0, 0.05) is 35.1 Å². The fourth-order valence-electron chi connectivity index (χ4n) is 4.37. The normalized spacial score (nSPS) is 13.9. The summed E-state index contributed by atoms with van der Waals surface area (Å²) in [4.78, 5) is 8.36. The van der Waals surface area contributed by atoms with E-state index >= 15 is 0 Å². The molecule has 198 valence electrons. The Morgan fingerprint density at radius 2 is 1.72 bits per heavy atom. The van der Waals surface area contributed by atoms with Crippen LogP contribution in [0, 0.1) is 6.92 Å². The van der Waals surface area contributed by atoms with E-state index in [0.717, 1.165) is 42.3 Å². The third kappa shape index (κ3) is 7.10. The van der Waals surface area contributed by atoms with Gasteiger partial charge in [-0.05, 0) is 74.1 Å². The third-order valence-electron chi connectivity index (χ3n) is 6.15. The monoisotopic (exact) mass is 545 g/mol. The van der Waals surface area contributed by atoms with Crippen LogP contribution in [0.5, 0.6) is 5.75 Å². The number of carboxylic acid groups (broad SMARTS) is 1. The van der Waals surface area contributed by atoms with E-state index in [1.54, 1.807) is 30.7 Å². The number of aromatic nitrogens is 1. The van der Waals surface area contributed by atoms with Crippen LogP contribution in [0.2, 0.25) is 10.0 Å². The molecule has 1 aliphatic carbocycles. The van der Waals surface area contributed by atoms with Gasteiger partial charge < -0.3 is 14.4 Å². The molecule has 0 saturated heterocycles. The Kier molecular flexibility index (Phi) is 11.0. The number of hydrogen-bond acceptors (Lipinski definition) is 2. The summed E-state index contributed by atoms with van der Waals surface area (Å²) in [6, 6.07) is 7.86. The van der Waals surface area contributed by atoms with Gasteiger partial charge in [0.1, 0.15) is 5.75 Å². The maximum Gasteiger partial charge on any atom is 0.416 e. The van der Waals surface area contributed by atoms with E-state index in [2.05, 4.69) is 0 Å². The fourth-order valence-corrected chi connectivity index (χ4v) is 4.92. The molecule has 4 nitrogen and oxygen atoms in total. The summed E-state index contributed by atoms with van der Waals surface area (Å²) in [6.45, 7) is 5.44. The maximum atomic E-state index is 13.3. The maximum absolute atomic E-state index is 13.3. The highest BCUT2D eigenvalue weighted by atomic mass is 35.5. The number of nitrogens with zero attached hydrogens (tertiary/aromatic N) is 1. The molecule has 0 aliphatic heterocycles. The molecule has 9 heteroatoms. The molecule has 4 rings (SSSR count). The molecule has 36 heavy (non-hydrogen) atoms. The predicted octanol–water partition coefficient (Wildman–Crippen LogP) is 8.84. The van der Waals surface area contributed by atoms with E-state index in [4.69, 9.17) is 37.8 Å². The number of rotatable bonds is 4. The first-order chi connectivity index (χ1) is 17.1. The van der Waals surface area contributed by atoms with Crippen molar-refractivity contribution in [2.45, 2.75) is 71.6 Å². The standard InChI is InChI=1S/C24H24Cl2F3NO.C2H6.CH2O2/c1-14-10-15(24(27,28)29)11-21-18(14)12-16(30(21)2)13-19-20(25)8-9-22(23(19)26)31-17-6-4-3-5-7-17;1-2;2-1-3/h8-12,17H,3-7,13H2,1-2H3;1-2H3;1H,(H,2,3). The minimum atomic E-state index is -4.39. The van der Waals surface area contributed by atoms with Crippen molar-refractivity contribution in [2.24, 2.45) is 7.05 Å². The number of alkyl halides is 3. The molecule has 1 fully saturated rings. The molecule has 1 saturated carbocycles. The van der Waals surface area contributed by atoms with Crippen molar-refractivity contribution in [1.29, 1.82) is 0 Å². The van der Waals surface area contributed by atoms with E-state index in [1.165, 1.54) is 18.6 Å². The fraction of sp³-hybridized carbons (Fsp3) is 0.444. The van der Waals surface area contributed by atoms with E-state index in [1.807, 2.05) is 19.9 Å². The van der Waals surface area contributed by atoms with Gasteiger partial charge in [-0.2, -0.15) is 13.2 Å². The molecule has 2 aromatic carbocycles. The summed E-state index contributed by atoms with van der Waals surface area (Å²) in [5, 5.41) is 8.65. The molecule has 0 radical (unpaired) electrons. The SMILES string of the molecule is CC.Cc1cc(C(F)(F)F)cc2c1cc(Cc1c(Cl)ccc(OC3CCCCC3)c1Cl)n2C.O=CO. The van der Waals surface area contributed by atoms with Gasteiger partial charge in [-0.15, -0.1) is 0 Å². The number of aryl methyl sites for hydroxylation is 2. The van der Waals surface area contributed by atoms with Crippen LogP contribution in [-0.4, -0.2) is 22.2 Å². The van der Waals surface area contributed by atoms with E-state index < -0.39 is 11.7 Å². The molecule has 0 bridgehead atoms. The van der Waals surface area contributed by atoms with Crippen LogP contribution in [0.15, 0.2) is 30.3 Å². The van der Waals surface area contributed by atoms with Crippen LogP contribution in [0.4, 0.5) is 13.2 Å². The second-order valence-electron chi connectivity index (χ2n) is 8.42. The molecule has 1 N–H and O–H groups in total. The van der Waals surface area contributed by atoms with E-state index in [-0.39, 0.29) is 12.6 Å². The molecular formula is C27H32Cl2F3NO3. The number of hydrogen-bond donors (Lipinski definition) is 1. The van der Waals surface area contributed by atoms with Crippen LogP contribution < -0.4 is 4.74 Å². The van der Waals surface area contributed by atoms with Crippen molar-refractivity contribution in [3.05, 3.63) is 62.8 Å². The van der Waals surface area contributed by atoms with Crippen molar-refractivity contribution in [3.8, 4) is 5.75 Å². The molecule has 0 spiro atoms. The van der Waals surface area contributed by atoms with E-state index in [0.29, 0.717) is 33.3 Å². The first kappa shape index (κ1) is 29.8. The Balaban J connectivity index is 0.000000850. The highest BCUT2D eigenvalue weighted by Gasteiger charge is 2.31. The number of carbonyl (C=O) groups is 1. The Labute approximate surface area is 220 Å². The van der Waals surface area contributed by atoms with Crippen LogP contribution in [0.25, 0.3) is 10.9 Å². The lowest BCUT2D eigenvalue weighted by Gasteiger charge is -2.24. The molecule has 1 heterocycles. The average Bonchev–Trinajstić information content (AvgIpc) is 3.16. The quantitative estimate of drug-likeness (QED) is 0.333. The zero-order valence-corrected chi connectivity index (χ0v) is 22.4. The van der Waals surface area contributed by atoms with Crippen molar-refractivity contribution in [2.75, 3.05) is 0 Å². The average molecular weight is 546 g/mol. The number of benzene rings is 2. The topological polar surface area (TPSA) is 51.5 Å². The molecule has 1 aromatic heterocycles. The molecule has 0 unspecified atom stereocenters. The zero-order chi connectivity index (χ0) is 27.0. The van der Waals surface area contributed by atoms with Crippen molar-refractivity contribution in [3.63, 3.8) is 0 Å². The summed E-state index contributed by atoms with van der Waals surface area (Å²) in [7, 11) is 1.77. The van der Waals surface area contributed by atoms with Crippen molar-refractivity contribution < 1.29 is 27.8 Å².